The zero-order valence-corrected chi connectivity index (χ0v) is 14.9. The van der Waals surface area contributed by atoms with Crippen LogP contribution in [-0.4, -0.2) is 23.1 Å². The lowest BCUT2D eigenvalue weighted by Crippen LogP contribution is -2.21. The van der Waals surface area contributed by atoms with Gasteiger partial charge in [0.05, 0.1) is 19.2 Å². The Balaban J connectivity index is 1.93. The van der Waals surface area contributed by atoms with Crippen molar-refractivity contribution in [1.82, 2.24) is 10.5 Å². The van der Waals surface area contributed by atoms with Gasteiger partial charge in [-0.3, -0.25) is 15.7 Å². The third-order valence-electron chi connectivity index (χ3n) is 3.86. The largest absolute Gasteiger partial charge is 0.493 e. The predicted molar refractivity (Wildman–Crippen MR) is 98.8 cm³/mol. The van der Waals surface area contributed by atoms with Crippen molar-refractivity contribution in [3.05, 3.63) is 83.6 Å². The molecule has 8 heteroatoms. The first-order valence-electron chi connectivity index (χ1n) is 8.27. The quantitative estimate of drug-likeness (QED) is 0.380. The van der Waals surface area contributed by atoms with E-state index in [1.54, 1.807) is 36.4 Å². The molecular formula is C20H17F2N3O3. The molecule has 28 heavy (non-hydrogen) atoms. The Hall–Kier alpha value is -3.52. The minimum Gasteiger partial charge on any atom is -0.493 e. The van der Waals surface area contributed by atoms with Gasteiger partial charge in [0.25, 0.3) is 0 Å². The third-order valence-corrected chi connectivity index (χ3v) is 3.86. The number of ether oxygens (including phenoxy) is 2. The molecule has 1 aromatic heterocycles. The van der Waals surface area contributed by atoms with E-state index in [0.717, 1.165) is 12.1 Å². The minimum atomic E-state index is -0.724. The third kappa shape index (κ3) is 4.24. The lowest BCUT2D eigenvalue weighted by molar-refractivity contribution is 0.234. The summed E-state index contributed by atoms with van der Waals surface area (Å²) in [7, 11) is 1.51. The molecule has 0 saturated heterocycles. The van der Waals surface area contributed by atoms with Crippen molar-refractivity contribution in [2.75, 3.05) is 7.11 Å². The van der Waals surface area contributed by atoms with Crippen LogP contribution in [0.5, 0.6) is 17.4 Å². The average molecular weight is 385 g/mol. The number of hydrogen-bond donors (Lipinski definition) is 2. The van der Waals surface area contributed by atoms with Crippen molar-refractivity contribution in [2.24, 2.45) is 4.99 Å². The van der Waals surface area contributed by atoms with Gasteiger partial charge < -0.3 is 9.47 Å². The molecule has 2 N–H and O–H groups in total. The minimum absolute atomic E-state index is 0.0550. The molecule has 1 heterocycles. The van der Waals surface area contributed by atoms with Crippen LogP contribution in [0.15, 0.2) is 65.8 Å². The van der Waals surface area contributed by atoms with E-state index >= 15 is 0 Å². The standard InChI is InChI=1S/C20H17F2N3O3/c1-27-17-9-2-3-10-18(17)28-20-13(6-5-11-23-20)19(25-26)24-12-14-15(21)7-4-8-16(14)22/h2-11,26H,12H2,1H3,(H,24,25). The number of methoxy groups -OCH3 is 1. The Morgan fingerprint density at radius 3 is 2.43 bits per heavy atom. The van der Waals surface area contributed by atoms with E-state index in [0.29, 0.717) is 17.1 Å². The number of aromatic nitrogens is 1. The van der Waals surface area contributed by atoms with Crippen molar-refractivity contribution in [2.45, 2.75) is 6.54 Å². The highest BCUT2D eigenvalue weighted by atomic mass is 19.1. The van der Waals surface area contributed by atoms with Gasteiger partial charge in [0.1, 0.15) is 11.6 Å². The molecule has 0 amide bonds. The predicted octanol–water partition coefficient (Wildman–Crippen LogP) is 4.09. The highest BCUT2D eigenvalue weighted by Gasteiger charge is 2.15. The number of hydrogen-bond acceptors (Lipinski definition) is 5. The number of rotatable bonds is 6. The van der Waals surface area contributed by atoms with Gasteiger partial charge in [-0.1, -0.05) is 18.2 Å². The van der Waals surface area contributed by atoms with E-state index in [4.69, 9.17) is 9.47 Å². The van der Waals surface area contributed by atoms with Crippen LogP contribution >= 0.6 is 0 Å². The zero-order valence-electron chi connectivity index (χ0n) is 14.9. The molecule has 6 nitrogen and oxygen atoms in total. The van der Waals surface area contributed by atoms with Crippen molar-refractivity contribution in [3.8, 4) is 17.4 Å². The molecule has 0 spiro atoms. The second-order valence-corrected chi connectivity index (χ2v) is 5.59. The van der Waals surface area contributed by atoms with Crippen LogP contribution in [0.1, 0.15) is 11.1 Å². The van der Waals surface area contributed by atoms with Crippen molar-refractivity contribution in [1.29, 1.82) is 0 Å². The topological polar surface area (TPSA) is 76.0 Å². The number of para-hydroxylation sites is 2. The molecular weight excluding hydrogens is 368 g/mol. The number of aliphatic imine (C=N–C) groups is 1. The lowest BCUT2D eigenvalue weighted by Gasteiger charge is -2.13. The SMILES string of the molecule is COc1ccccc1Oc1ncccc1C(=NCc1c(F)cccc1F)NO. The highest BCUT2D eigenvalue weighted by molar-refractivity contribution is 6.00. The maximum atomic E-state index is 13.8. The molecule has 0 aliphatic carbocycles. The zero-order chi connectivity index (χ0) is 19.9. The normalized spacial score (nSPS) is 11.2. The number of hydroxylamine groups is 1. The molecule has 2 aromatic carbocycles. The molecule has 0 radical (unpaired) electrons. The van der Waals surface area contributed by atoms with Crippen LogP contribution < -0.4 is 15.0 Å². The first kappa shape index (κ1) is 19.2. The van der Waals surface area contributed by atoms with Gasteiger partial charge in [0.2, 0.25) is 5.88 Å². The molecule has 0 atom stereocenters. The summed E-state index contributed by atoms with van der Waals surface area (Å²) in [6, 6.07) is 13.7. The lowest BCUT2D eigenvalue weighted by atomic mass is 10.2. The monoisotopic (exact) mass is 385 g/mol. The molecule has 3 rings (SSSR count). The molecule has 0 unspecified atom stereocenters. The van der Waals surface area contributed by atoms with Crippen molar-refractivity contribution >= 4 is 5.84 Å². The summed E-state index contributed by atoms with van der Waals surface area (Å²) in [5, 5.41) is 9.51. The van der Waals surface area contributed by atoms with Gasteiger partial charge in [-0.15, -0.1) is 0 Å². The van der Waals surface area contributed by atoms with E-state index in [2.05, 4.69) is 9.98 Å². The summed E-state index contributed by atoms with van der Waals surface area (Å²) >= 11 is 0. The highest BCUT2D eigenvalue weighted by Crippen LogP contribution is 2.31. The van der Waals surface area contributed by atoms with Gasteiger partial charge in [-0.2, -0.15) is 0 Å². The average Bonchev–Trinajstić information content (AvgIpc) is 2.71. The van der Waals surface area contributed by atoms with E-state index in [1.165, 1.54) is 19.4 Å². The Labute approximate surface area is 160 Å². The number of nitrogens with zero attached hydrogens (tertiary/aromatic N) is 2. The Morgan fingerprint density at radius 1 is 1.04 bits per heavy atom. The first-order chi connectivity index (χ1) is 13.6. The molecule has 0 aliphatic rings. The van der Waals surface area contributed by atoms with E-state index in [-0.39, 0.29) is 23.8 Å². The van der Waals surface area contributed by atoms with Crippen LogP contribution in [0.3, 0.4) is 0 Å². The van der Waals surface area contributed by atoms with Gasteiger partial charge in [0.15, 0.2) is 17.3 Å². The summed E-state index contributed by atoms with van der Waals surface area (Å²) in [5.41, 5.74) is 2.02. The summed E-state index contributed by atoms with van der Waals surface area (Å²) in [6.07, 6.45) is 1.50. The molecule has 0 aliphatic heterocycles. The fraction of sp³-hybridized carbons (Fsp3) is 0.100. The van der Waals surface area contributed by atoms with E-state index in [9.17, 15) is 14.0 Å². The van der Waals surface area contributed by atoms with Gasteiger partial charge in [-0.25, -0.2) is 13.8 Å². The van der Waals surface area contributed by atoms with Gasteiger partial charge in [-0.05, 0) is 36.4 Å². The Morgan fingerprint density at radius 2 is 1.75 bits per heavy atom. The summed E-state index contributed by atoms with van der Waals surface area (Å²) in [5.74, 6) is -0.484. The van der Waals surface area contributed by atoms with E-state index in [1.807, 2.05) is 5.48 Å². The molecule has 3 aromatic rings. The summed E-state index contributed by atoms with van der Waals surface area (Å²) in [4.78, 5) is 8.22. The number of nitrogens with one attached hydrogen (secondary N) is 1. The Kier molecular flexibility index (Phi) is 6.13. The van der Waals surface area contributed by atoms with Crippen LogP contribution in [0, 0.1) is 11.6 Å². The number of amidine groups is 1. The number of halogens is 2. The second-order valence-electron chi connectivity index (χ2n) is 5.59. The van der Waals surface area contributed by atoms with Crippen molar-refractivity contribution < 1.29 is 23.5 Å². The molecule has 0 saturated carbocycles. The molecule has 0 bridgehead atoms. The maximum Gasteiger partial charge on any atom is 0.230 e. The summed E-state index contributed by atoms with van der Waals surface area (Å²) in [6.45, 7) is -0.329. The Bertz CT molecular complexity index is 976. The summed E-state index contributed by atoms with van der Waals surface area (Å²) < 4.78 is 38.7. The van der Waals surface area contributed by atoms with Crippen LogP contribution in [0.2, 0.25) is 0 Å². The van der Waals surface area contributed by atoms with Crippen LogP contribution in [-0.2, 0) is 6.54 Å². The smallest absolute Gasteiger partial charge is 0.230 e. The van der Waals surface area contributed by atoms with Crippen LogP contribution in [0.25, 0.3) is 0 Å². The molecule has 144 valence electrons. The van der Waals surface area contributed by atoms with Crippen LogP contribution in [0.4, 0.5) is 8.78 Å². The van der Waals surface area contributed by atoms with Gasteiger partial charge >= 0.3 is 0 Å². The van der Waals surface area contributed by atoms with E-state index < -0.39 is 11.6 Å². The fourth-order valence-electron chi connectivity index (χ4n) is 2.48. The number of benzene rings is 2. The fourth-order valence-corrected chi connectivity index (χ4v) is 2.48. The maximum absolute atomic E-state index is 13.8. The van der Waals surface area contributed by atoms with Gasteiger partial charge in [0, 0.05) is 11.8 Å². The number of pyridine rings is 1. The molecule has 0 fully saturated rings. The second kappa shape index (κ2) is 8.92. The first-order valence-corrected chi connectivity index (χ1v) is 8.27. The van der Waals surface area contributed by atoms with Crippen molar-refractivity contribution in [3.63, 3.8) is 0 Å².